The van der Waals surface area contributed by atoms with Gasteiger partial charge >= 0.3 is 25.4 Å². The Bertz CT molecular complexity index is 1530. The molecule has 0 amide bonds. The standard InChI is InChI=1S/C31H43N4O10P/c1-7-12-22(13-8-2)28(38)44-26-24(43-29(31(26,6)19-32)35-17-16-25(36)33-30(35)39)18-41-46(40,45-23-14-10-9-11-15-23)34-21(5)27(37)42-20(3)4/h9-11,14-17,20-22,24,26,29H,7-8,12-13,18H2,1-6H3,(H,34,40)(H,33,36,39). The maximum absolute atomic E-state index is 14.1. The second-order valence-corrected chi connectivity index (χ2v) is 13.3. The number of carbonyl (C=O) groups excluding carboxylic acids is 2. The minimum Gasteiger partial charge on any atom is -0.462 e. The normalized spacial score (nSPS) is 23.0. The highest BCUT2D eigenvalue weighted by Crippen LogP contribution is 2.50. The van der Waals surface area contributed by atoms with Crippen LogP contribution < -0.4 is 20.9 Å². The molecule has 14 nitrogen and oxygen atoms in total. The lowest BCUT2D eigenvalue weighted by Crippen LogP contribution is -2.44. The molecular formula is C31H43N4O10P. The quantitative estimate of drug-likeness (QED) is 0.193. The Hall–Kier alpha value is -3.76. The third-order valence-electron chi connectivity index (χ3n) is 7.38. The van der Waals surface area contributed by atoms with E-state index in [1.54, 1.807) is 44.2 Å². The number of nitrogens with one attached hydrogen (secondary N) is 2. The molecule has 6 unspecified atom stereocenters. The third kappa shape index (κ3) is 9.16. The van der Waals surface area contributed by atoms with Gasteiger partial charge in [0, 0.05) is 12.3 Å². The van der Waals surface area contributed by atoms with Crippen LogP contribution in [0.5, 0.6) is 5.75 Å². The highest BCUT2D eigenvalue weighted by atomic mass is 31.2. The van der Waals surface area contributed by atoms with Crippen LogP contribution in [-0.2, 0) is 32.9 Å². The van der Waals surface area contributed by atoms with Crippen LogP contribution in [-0.4, -0.2) is 52.5 Å². The first-order valence-corrected chi connectivity index (χ1v) is 16.9. The SMILES string of the molecule is CCCC(CCC)C(=O)OC1C(COP(=O)(NC(C)C(=O)OC(C)C)Oc2ccccc2)OC(n2ccc(=O)[nH]c2=O)C1(C)C#N. The van der Waals surface area contributed by atoms with E-state index < -0.39 is 79.5 Å². The van der Waals surface area contributed by atoms with Crippen LogP contribution in [0.25, 0.3) is 0 Å². The largest absolute Gasteiger partial charge is 0.462 e. The predicted molar refractivity (Wildman–Crippen MR) is 167 cm³/mol. The zero-order valence-corrected chi connectivity index (χ0v) is 27.9. The van der Waals surface area contributed by atoms with Crippen molar-refractivity contribution < 1.29 is 37.4 Å². The minimum atomic E-state index is -4.38. The molecule has 1 aromatic heterocycles. The number of H-pyrrole nitrogens is 1. The highest BCUT2D eigenvalue weighted by Gasteiger charge is 2.58. The van der Waals surface area contributed by atoms with E-state index in [4.69, 9.17) is 23.3 Å². The lowest BCUT2D eigenvalue weighted by Gasteiger charge is -2.30. The molecule has 3 rings (SSSR count). The Morgan fingerprint density at radius 2 is 1.76 bits per heavy atom. The molecule has 252 valence electrons. The van der Waals surface area contributed by atoms with E-state index in [0.29, 0.717) is 12.8 Å². The lowest BCUT2D eigenvalue weighted by atomic mass is 9.83. The number of rotatable bonds is 16. The summed E-state index contributed by atoms with van der Waals surface area (Å²) in [5.74, 6) is -1.53. The maximum Gasteiger partial charge on any atom is 0.459 e. The molecule has 1 aliphatic rings. The van der Waals surface area contributed by atoms with Gasteiger partial charge in [0.2, 0.25) is 0 Å². The number of ether oxygens (including phenoxy) is 3. The molecule has 6 atom stereocenters. The molecular weight excluding hydrogens is 619 g/mol. The Labute approximate surface area is 267 Å². The van der Waals surface area contributed by atoms with Gasteiger partial charge in [-0.2, -0.15) is 10.3 Å². The van der Waals surface area contributed by atoms with Crippen molar-refractivity contribution in [3.63, 3.8) is 0 Å². The molecule has 2 heterocycles. The van der Waals surface area contributed by atoms with E-state index in [0.717, 1.165) is 23.5 Å². The van der Waals surface area contributed by atoms with Gasteiger partial charge in [0.25, 0.3) is 5.56 Å². The number of aromatic nitrogens is 2. The first-order valence-electron chi connectivity index (χ1n) is 15.3. The number of hydrogen-bond acceptors (Lipinski definition) is 11. The molecule has 46 heavy (non-hydrogen) atoms. The number of hydrogen-bond donors (Lipinski definition) is 2. The average Bonchev–Trinajstić information content (AvgIpc) is 3.27. The Morgan fingerprint density at radius 3 is 2.33 bits per heavy atom. The van der Waals surface area contributed by atoms with Crippen LogP contribution in [0.3, 0.4) is 0 Å². The maximum atomic E-state index is 14.1. The van der Waals surface area contributed by atoms with Gasteiger partial charge in [0.1, 0.15) is 23.3 Å². The fourth-order valence-electron chi connectivity index (χ4n) is 5.12. The summed E-state index contributed by atoms with van der Waals surface area (Å²) >= 11 is 0. The number of aromatic amines is 1. The second kappa shape index (κ2) is 16.2. The number of nitrogens with zero attached hydrogens (tertiary/aromatic N) is 2. The van der Waals surface area contributed by atoms with Gasteiger partial charge in [-0.1, -0.05) is 44.9 Å². The summed E-state index contributed by atoms with van der Waals surface area (Å²) in [5, 5.41) is 13.0. The Kier molecular flexibility index (Phi) is 12.9. The van der Waals surface area contributed by atoms with Crippen molar-refractivity contribution in [2.24, 2.45) is 11.3 Å². The van der Waals surface area contributed by atoms with Crippen LogP contribution in [0, 0.1) is 22.7 Å². The summed E-state index contributed by atoms with van der Waals surface area (Å²) in [5.41, 5.74) is -3.17. The van der Waals surface area contributed by atoms with Gasteiger partial charge < -0.3 is 18.7 Å². The van der Waals surface area contributed by atoms with Crippen LogP contribution in [0.15, 0.2) is 52.2 Å². The fourth-order valence-corrected chi connectivity index (χ4v) is 6.62. The number of benzene rings is 1. The van der Waals surface area contributed by atoms with E-state index in [2.05, 4.69) is 16.1 Å². The van der Waals surface area contributed by atoms with Gasteiger partial charge in [-0.05, 0) is 52.7 Å². The summed E-state index contributed by atoms with van der Waals surface area (Å²) in [7, 11) is -4.38. The van der Waals surface area contributed by atoms with Crippen molar-refractivity contribution in [1.29, 1.82) is 5.26 Å². The van der Waals surface area contributed by atoms with Crippen LogP contribution >= 0.6 is 7.75 Å². The molecule has 15 heteroatoms. The molecule has 0 saturated carbocycles. The first kappa shape index (κ1) is 36.7. The van der Waals surface area contributed by atoms with E-state index in [1.807, 2.05) is 13.8 Å². The summed E-state index contributed by atoms with van der Waals surface area (Å²) in [6.45, 7) is 9.56. The Balaban J connectivity index is 2.00. The van der Waals surface area contributed by atoms with Crippen molar-refractivity contribution in [3.8, 4) is 11.8 Å². The smallest absolute Gasteiger partial charge is 0.459 e. The topological polar surface area (TPSA) is 188 Å². The van der Waals surface area contributed by atoms with Crippen molar-refractivity contribution in [1.82, 2.24) is 14.6 Å². The van der Waals surface area contributed by atoms with Crippen LogP contribution in [0.1, 0.15) is 73.5 Å². The molecule has 0 aliphatic carbocycles. The number of esters is 2. The summed E-state index contributed by atoms with van der Waals surface area (Å²) in [6, 6.07) is 10.2. The minimum absolute atomic E-state index is 0.166. The van der Waals surface area contributed by atoms with Crippen LogP contribution in [0.2, 0.25) is 0 Å². The summed E-state index contributed by atoms with van der Waals surface area (Å²) < 4.78 is 44.1. The molecule has 1 aromatic carbocycles. The van der Waals surface area contributed by atoms with E-state index in [-0.39, 0.29) is 5.75 Å². The molecule has 0 bridgehead atoms. The number of para-hydroxylation sites is 1. The van der Waals surface area contributed by atoms with E-state index in [1.165, 1.54) is 20.0 Å². The third-order valence-corrected chi connectivity index (χ3v) is 9.02. The molecule has 1 aliphatic heterocycles. The number of carbonyl (C=O) groups is 2. The molecule has 2 N–H and O–H groups in total. The predicted octanol–water partition coefficient (Wildman–Crippen LogP) is 4.23. The van der Waals surface area contributed by atoms with E-state index in [9.17, 15) is 29.0 Å². The molecule has 1 fully saturated rings. The van der Waals surface area contributed by atoms with E-state index >= 15 is 0 Å². The summed E-state index contributed by atoms with van der Waals surface area (Å²) in [4.78, 5) is 52.7. The zero-order chi connectivity index (χ0) is 34.1. The molecule has 1 saturated heterocycles. The fraction of sp³-hybridized carbons (Fsp3) is 0.581. The van der Waals surface area contributed by atoms with Crippen molar-refractivity contribution >= 4 is 19.7 Å². The molecule has 0 spiro atoms. The van der Waals surface area contributed by atoms with Crippen molar-refractivity contribution in [2.75, 3.05) is 6.61 Å². The first-order chi connectivity index (χ1) is 21.8. The molecule has 2 aromatic rings. The van der Waals surface area contributed by atoms with Gasteiger partial charge in [-0.3, -0.25) is 28.5 Å². The zero-order valence-electron chi connectivity index (χ0n) is 27.0. The van der Waals surface area contributed by atoms with Gasteiger partial charge in [0.05, 0.1) is 24.7 Å². The molecule has 0 radical (unpaired) electrons. The highest BCUT2D eigenvalue weighted by molar-refractivity contribution is 7.52. The average molecular weight is 663 g/mol. The summed E-state index contributed by atoms with van der Waals surface area (Å²) in [6.07, 6.45) is -0.588. The van der Waals surface area contributed by atoms with Crippen molar-refractivity contribution in [2.45, 2.75) is 97.8 Å². The lowest BCUT2D eigenvalue weighted by molar-refractivity contribution is -0.161. The van der Waals surface area contributed by atoms with Gasteiger partial charge in [0.15, 0.2) is 12.3 Å². The monoisotopic (exact) mass is 662 g/mol. The number of nitriles is 1. The van der Waals surface area contributed by atoms with Crippen molar-refractivity contribution in [3.05, 3.63) is 63.4 Å². The van der Waals surface area contributed by atoms with Crippen LogP contribution in [0.4, 0.5) is 0 Å². The second-order valence-electron chi connectivity index (χ2n) is 11.6. The Morgan fingerprint density at radius 1 is 1.11 bits per heavy atom. The van der Waals surface area contributed by atoms with Gasteiger partial charge in [-0.25, -0.2) is 9.36 Å². The van der Waals surface area contributed by atoms with Gasteiger partial charge in [-0.15, -0.1) is 0 Å².